The molecular weight excluding hydrogens is 300 g/mol. The number of ketones is 2. The minimum Gasteiger partial charge on any atom is -0.388 e. The predicted octanol–water partition coefficient (Wildman–Crippen LogP) is 3.69. The van der Waals surface area contributed by atoms with Crippen LogP contribution in [0.1, 0.15) is 35.7 Å². The first-order valence-electron chi connectivity index (χ1n) is 8.42. The largest absolute Gasteiger partial charge is 0.388 e. The lowest BCUT2D eigenvalue weighted by Gasteiger charge is -2.06. The van der Waals surface area contributed by atoms with Crippen molar-refractivity contribution in [2.24, 2.45) is 11.8 Å². The number of benzene rings is 2. The Bertz CT molecular complexity index is 746. The van der Waals surface area contributed by atoms with Crippen molar-refractivity contribution in [2.75, 3.05) is 6.61 Å². The van der Waals surface area contributed by atoms with Crippen LogP contribution in [0.4, 0.5) is 0 Å². The highest BCUT2D eigenvalue weighted by Crippen LogP contribution is 2.42. The SMILES string of the molecule is CC(=O)C1CC1CCc1ccc(-c2cccc(C(=O)CO)c2)cc1. The maximum atomic E-state index is 11.6. The summed E-state index contributed by atoms with van der Waals surface area (Å²) in [5.74, 6) is 0.935. The highest BCUT2D eigenvalue weighted by Gasteiger charge is 2.39. The highest BCUT2D eigenvalue weighted by atomic mass is 16.3. The molecule has 3 rings (SSSR count). The van der Waals surface area contributed by atoms with Crippen molar-refractivity contribution in [2.45, 2.75) is 26.2 Å². The Morgan fingerprint density at radius 1 is 1.08 bits per heavy atom. The van der Waals surface area contributed by atoms with E-state index < -0.39 is 6.61 Å². The summed E-state index contributed by atoms with van der Waals surface area (Å²) in [5, 5.41) is 8.98. The maximum Gasteiger partial charge on any atom is 0.188 e. The lowest BCUT2D eigenvalue weighted by Crippen LogP contribution is -2.03. The third-order valence-corrected chi connectivity index (χ3v) is 4.86. The molecule has 1 aliphatic rings. The van der Waals surface area contributed by atoms with Gasteiger partial charge in [0.25, 0.3) is 0 Å². The minimum absolute atomic E-state index is 0.266. The summed E-state index contributed by atoms with van der Waals surface area (Å²) in [6, 6.07) is 15.7. The molecule has 0 radical (unpaired) electrons. The molecule has 1 aliphatic carbocycles. The van der Waals surface area contributed by atoms with Crippen LogP contribution in [-0.2, 0) is 11.2 Å². The van der Waals surface area contributed by atoms with Gasteiger partial charge in [-0.3, -0.25) is 9.59 Å². The molecule has 0 amide bonds. The summed E-state index contributed by atoms with van der Waals surface area (Å²) >= 11 is 0. The summed E-state index contributed by atoms with van der Waals surface area (Å²) in [6.45, 7) is 1.22. The van der Waals surface area contributed by atoms with E-state index in [0.717, 1.165) is 30.4 Å². The fraction of sp³-hybridized carbons (Fsp3) is 0.333. The Morgan fingerprint density at radius 3 is 2.46 bits per heavy atom. The molecule has 1 fully saturated rings. The van der Waals surface area contributed by atoms with E-state index >= 15 is 0 Å². The lowest BCUT2D eigenvalue weighted by molar-refractivity contribution is -0.118. The molecule has 0 saturated heterocycles. The Balaban J connectivity index is 1.64. The van der Waals surface area contributed by atoms with Crippen LogP contribution in [-0.4, -0.2) is 23.3 Å². The summed E-state index contributed by atoms with van der Waals surface area (Å²) in [7, 11) is 0. The van der Waals surface area contributed by atoms with Crippen LogP contribution in [0.25, 0.3) is 11.1 Å². The first-order valence-corrected chi connectivity index (χ1v) is 8.42. The van der Waals surface area contributed by atoms with Gasteiger partial charge in [0.2, 0.25) is 0 Å². The van der Waals surface area contributed by atoms with Crippen molar-refractivity contribution in [3.05, 3.63) is 59.7 Å². The topological polar surface area (TPSA) is 54.4 Å². The molecule has 0 aromatic heterocycles. The van der Waals surface area contributed by atoms with Gasteiger partial charge in [0.15, 0.2) is 5.78 Å². The summed E-state index contributed by atoms with van der Waals surface area (Å²) in [6.07, 6.45) is 3.13. The Hall–Kier alpha value is -2.26. The van der Waals surface area contributed by atoms with Crippen LogP contribution in [0.2, 0.25) is 0 Å². The second kappa shape index (κ2) is 7.10. The number of rotatable bonds is 7. The second-order valence-corrected chi connectivity index (χ2v) is 6.61. The molecule has 2 unspecified atom stereocenters. The number of aliphatic hydroxyl groups is 1. The van der Waals surface area contributed by atoms with Crippen LogP contribution in [0, 0.1) is 11.8 Å². The molecule has 0 heterocycles. The number of aliphatic hydroxyl groups excluding tert-OH is 1. The molecule has 2 aromatic carbocycles. The van der Waals surface area contributed by atoms with E-state index in [-0.39, 0.29) is 5.78 Å². The van der Waals surface area contributed by atoms with E-state index in [1.54, 1.807) is 13.0 Å². The second-order valence-electron chi connectivity index (χ2n) is 6.61. The molecule has 3 nitrogen and oxygen atoms in total. The van der Waals surface area contributed by atoms with E-state index in [0.29, 0.717) is 23.2 Å². The first kappa shape index (κ1) is 16.6. The number of hydrogen-bond acceptors (Lipinski definition) is 3. The van der Waals surface area contributed by atoms with E-state index in [1.165, 1.54) is 5.56 Å². The van der Waals surface area contributed by atoms with Gasteiger partial charge in [0, 0.05) is 11.5 Å². The van der Waals surface area contributed by atoms with E-state index in [2.05, 4.69) is 24.3 Å². The maximum absolute atomic E-state index is 11.6. The smallest absolute Gasteiger partial charge is 0.188 e. The molecule has 2 atom stereocenters. The Labute approximate surface area is 142 Å². The first-order chi connectivity index (χ1) is 11.6. The Kier molecular flexibility index (Phi) is 4.91. The number of aryl methyl sites for hydroxylation is 1. The number of carbonyl (C=O) groups excluding carboxylic acids is 2. The number of hydrogen-bond donors (Lipinski definition) is 1. The van der Waals surface area contributed by atoms with Crippen LogP contribution >= 0.6 is 0 Å². The number of Topliss-reactive ketones (excluding diaryl/α,β-unsaturated/α-hetero) is 2. The molecule has 2 aromatic rings. The molecule has 0 bridgehead atoms. The van der Waals surface area contributed by atoms with Crippen molar-refractivity contribution in [1.82, 2.24) is 0 Å². The molecule has 0 spiro atoms. The zero-order valence-electron chi connectivity index (χ0n) is 13.9. The third-order valence-electron chi connectivity index (χ3n) is 4.86. The standard InChI is InChI=1S/C21H22O3/c1-14(23)20-12-18(20)10-7-15-5-8-16(9-6-15)17-3-2-4-19(11-17)21(24)13-22/h2-6,8-9,11,18,20,22H,7,10,12-13H2,1H3. The van der Waals surface area contributed by atoms with Crippen LogP contribution < -0.4 is 0 Å². The van der Waals surface area contributed by atoms with Crippen LogP contribution in [0.3, 0.4) is 0 Å². The van der Waals surface area contributed by atoms with Crippen molar-refractivity contribution in [1.29, 1.82) is 0 Å². The molecule has 124 valence electrons. The zero-order valence-corrected chi connectivity index (χ0v) is 13.9. The fourth-order valence-electron chi connectivity index (χ4n) is 3.24. The molecule has 1 N–H and O–H groups in total. The molecule has 1 saturated carbocycles. The molecule has 3 heteroatoms. The van der Waals surface area contributed by atoms with Crippen LogP contribution in [0.5, 0.6) is 0 Å². The summed E-state index contributed by atoms with van der Waals surface area (Å²) < 4.78 is 0. The van der Waals surface area contributed by atoms with Crippen molar-refractivity contribution < 1.29 is 14.7 Å². The predicted molar refractivity (Wildman–Crippen MR) is 93.9 cm³/mol. The van der Waals surface area contributed by atoms with Gasteiger partial charge in [-0.1, -0.05) is 42.5 Å². The normalized spacial score (nSPS) is 19.1. The third kappa shape index (κ3) is 3.80. The van der Waals surface area contributed by atoms with E-state index in [1.807, 2.05) is 18.2 Å². The van der Waals surface area contributed by atoms with Gasteiger partial charge in [-0.15, -0.1) is 0 Å². The van der Waals surface area contributed by atoms with Crippen molar-refractivity contribution in [3.63, 3.8) is 0 Å². The quantitative estimate of drug-likeness (QED) is 0.791. The van der Waals surface area contributed by atoms with Gasteiger partial charge >= 0.3 is 0 Å². The molecule has 0 aliphatic heterocycles. The summed E-state index contributed by atoms with van der Waals surface area (Å²) in [4.78, 5) is 22.9. The van der Waals surface area contributed by atoms with Gasteiger partial charge in [-0.05, 0) is 54.9 Å². The van der Waals surface area contributed by atoms with Gasteiger partial charge in [-0.25, -0.2) is 0 Å². The highest BCUT2D eigenvalue weighted by molar-refractivity contribution is 5.98. The fourth-order valence-corrected chi connectivity index (χ4v) is 3.24. The Morgan fingerprint density at radius 2 is 1.83 bits per heavy atom. The van der Waals surface area contributed by atoms with Gasteiger partial charge in [0.05, 0.1) is 0 Å². The molecule has 24 heavy (non-hydrogen) atoms. The zero-order chi connectivity index (χ0) is 17.1. The van der Waals surface area contributed by atoms with E-state index in [9.17, 15) is 9.59 Å². The lowest BCUT2D eigenvalue weighted by atomic mass is 9.99. The average Bonchev–Trinajstić information content (AvgIpc) is 3.40. The van der Waals surface area contributed by atoms with Crippen molar-refractivity contribution >= 4 is 11.6 Å². The van der Waals surface area contributed by atoms with Gasteiger partial charge < -0.3 is 5.11 Å². The van der Waals surface area contributed by atoms with Crippen molar-refractivity contribution in [3.8, 4) is 11.1 Å². The van der Waals surface area contributed by atoms with E-state index in [4.69, 9.17) is 5.11 Å². The minimum atomic E-state index is -0.467. The van der Waals surface area contributed by atoms with Gasteiger partial charge in [-0.2, -0.15) is 0 Å². The average molecular weight is 322 g/mol. The number of carbonyl (C=O) groups is 2. The van der Waals surface area contributed by atoms with Gasteiger partial charge in [0.1, 0.15) is 12.4 Å². The monoisotopic (exact) mass is 322 g/mol. The summed E-state index contributed by atoms with van der Waals surface area (Å²) in [5.41, 5.74) is 3.83. The molecular formula is C21H22O3. The van der Waals surface area contributed by atoms with Crippen LogP contribution in [0.15, 0.2) is 48.5 Å².